The Bertz CT molecular complexity index is 496. The fourth-order valence-electron chi connectivity index (χ4n) is 1.85. The highest BCUT2D eigenvalue weighted by Gasteiger charge is 2.22. The lowest BCUT2D eigenvalue weighted by Gasteiger charge is -2.09. The lowest BCUT2D eigenvalue weighted by molar-refractivity contribution is -0.113. The summed E-state index contributed by atoms with van der Waals surface area (Å²) in [5, 5.41) is 0. The molecule has 1 aromatic rings. The van der Waals surface area contributed by atoms with Gasteiger partial charge in [0.25, 0.3) is 0 Å². The quantitative estimate of drug-likeness (QED) is 0.366. The van der Waals surface area contributed by atoms with Crippen molar-refractivity contribution < 1.29 is 9.59 Å². The number of rotatable bonds is 3. The van der Waals surface area contributed by atoms with Crippen molar-refractivity contribution in [3.63, 3.8) is 0 Å². The molecule has 1 heterocycles. The number of hydrogen-bond donors (Lipinski definition) is 0. The molecule has 100 valence electrons. The van der Waals surface area contributed by atoms with Crippen LogP contribution in [0.15, 0.2) is 40.1 Å². The van der Waals surface area contributed by atoms with E-state index in [1.54, 1.807) is 35.7 Å². The van der Waals surface area contributed by atoms with Gasteiger partial charge >= 0.3 is 0 Å². The second kappa shape index (κ2) is 6.96. The van der Waals surface area contributed by atoms with E-state index in [2.05, 4.69) is 0 Å². The molecule has 0 unspecified atom stereocenters. The molecule has 0 spiro atoms. The largest absolute Gasteiger partial charge is 0.294 e. The molecule has 1 aliphatic heterocycles. The third kappa shape index (κ3) is 3.74. The first-order valence-corrected chi connectivity index (χ1v) is 8.28. The van der Waals surface area contributed by atoms with Crippen LogP contribution in [0.1, 0.15) is 30.1 Å². The van der Waals surface area contributed by atoms with Crippen LogP contribution in [0.4, 0.5) is 0 Å². The van der Waals surface area contributed by atoms with Gasteiger partial charge in [-0.3, -0.25) is 9.59 Å². The van der Waals surface area contributed by atoms with E-state index in [-0.39, 0.29) is 11.6 Å². The lowest BCUT2D eigenvalue weighted by atomic mass is 10.0. The summed E-state index contributed by atoms with van der Waals surface area (Å²) in [6.07, 6.45) is 2.29. The Labute approximate surface area is 122 Å². The topological polar surface area (TPSA) is 34.1 Å². The molecule has 19 heavy (non-hydrogen) atoms. The standard InChI is InChI=1S/C15H16O2S2/c1-11(16)13(15-18-9-5-6-10-19-15)14(17)12-7-3-2-4-8-12/h2-4,7-8H,5-6,9-10H2,1H3. The van der Waals surface area contributed by atoms with Crippen LogP contribution in [0.3, 0.4) is 0 Å². The number of benzene rings is 1. The normalized spacial score (nSPS) is 15.7. The number of carbonyl (C=O) groups excluding carboxylic acids is 2. The molecule has 0 bridgehead atoms. The van der Waals surface area contributed by atoms with Crippen LogP contribution < -0.4 is 0 Å². The van der Waals surface area contributed by atoms with E-state index >= 15 is 0 Å². The summed E-state index contributed by atoms with van der Waals surface area (Å²) < 4.78 is 0.902. The molecule has 0 aromatic heterocycles. The lowest BCUT2D eigenvalue weighted by Crippen LogP contribution is -2.12. The van der Waals surface area contributed by atoms with Gasteiger partial charge in [-0.1, -0.05) is 30.3 Å². The average molecular weight is 292 g/mol. The first-order chi connectivity index (χ1) is 9.20. The minimum absolute atomic E-state index is 0.134. The third-order valence-electron chi connectivity index (χ3n) is 2.82. The maximum atomic E-state index is 12.5. The van der Waals surface area contributed by atoms with E-state index in [9.17, 15) is 9.59 Å². The second-order valence-corrected chi connectivity index (χ2v) is 6.79. The average Bonchev–Trinajstić information content (AvgIpc) is 2.68. The van der Waals surface area contributed by atoms with Gasteiger partial charge in [0.05, 0.1) is 9.81 Å². The molecule has 0 atom stereocenters. The zero-order valence-electron chi connectivity index (χ0n) is 10.8. The van der Waals surface area contributed by atoms with Gasteiger partial charge in [0.2, 0.25) is 0 Å². The van der Waals surface area contributed by atoms with Gasteiger partial charge in [-0.05, 0) is 31.3 Å². The van der Waals surface area contributed by atoms with E-state index in [4.69, 9.17) is 0 Å². The van der Waals surface area contributed by atoms with Gasteiger partial charge in [0.15, 0.2) is 11.6 Å². The van der Waals surface area contributed by atoms with Gasteiger partial charge in [-0.2, -0.15) is 0 Å². The molecule has 1 saturated heterocycles. The Morgan fingerprint density at radius 2 is 1.58 bits per heavy atom. The smallest absolute Gasteiger partial charge is 0.198 e. The monoisotopic (exact) mass is 292 g/mol. The van der Waals surface area contributed by atoms with Gasteiger partial charge in [-0.25, -0.2) is 0 Å². The predicted molar refractivity (Wildman–Crippen MR) is 82.6 cm³/mol. The maximum Gasteiger partial charge on any atom is 0.198 e. The fourth-order valence-corrected chi connectivity index (χ4v) is 4.51. The zero-order chi connectivity index (χ0) is 13.7. The van der Waals surface area contributed by atoms with Crippen molar-refractivity contribution in [3.8, 4) is 0 Å². The number of thioether (sulfide) groups is 2. The van der Waals surface area contributed by atoms with Crippen molar-refractivity contribution in [3.05, 3.63) is 45.7 Å². The molecule has 1 aliphatic rings. The second-order valence-electron chi connectivity index (χ2n) is 4.32. The molecule has 4 heteroatoms. The molecule has 2 rings (SSSR count). The zero-order valence-corrected chi connectivity index (χ0v) is 12.5. The van der Waals surface area contributed by atoms with Crippen LogP contribution in [0.2, 0.25) is 0 Å². The third-order valence-corrected chi connectivity index (χ3v) is 5.45. The van der Waals surface area contributed by atoms with E-state index < -0.39 is 0 Å². The predicted octanol–water partition coefficient (Wildman–Crippen LogP) is 3.93. The SMILES string of the molecule is CC(=O)C(C(=O)c1ccccc1)=C1SCCCCS1. The van der Waals surface area contributed by atoms with Crippen molar-refractivity contribution >= 4 is 35.1 Å². The van der Waals surface area contributed by atoms with Gasteiger partial charge in [0.1, 0.15) is 0 Å². The van der Waals surface area contributed by atoms with E-state index in [1.807, 2.05) is 18.2 Å². The molecular formula is C15H16O2S2. The first kappa shape index (κ1) is 14.4. The summed E-state index contributed by atoms with van der Waals surface area (Å²) in [6.45, 7) is 1.48. The molecule has 1 fully saturated rings. The molecule has 0 amide bonds. The van der Waals surface area contributed by atoms with E-state index in [0.717, 1.165) is 28.6 Å². The molecular weight excluding hydrogens is 276 g/mol. The molecule has 0 saturated carbocycles. The maximum absolute atomic E-state index is 12.5. The van der Waals surface area contributed by atoms with Gasteiger partial charge in [-0.15, -0.1) is 23.5 Å². The van der Waals surface area contributed by atoms with Gasteiger partial charge < -0.3 is 0 Å². The van der Waals surface area contributed by atoms with Crippen LogP contribution >= 0.6 is 23.5 Å². The molecule has 0 aliphatic carbocycles. The van der Waals surface area contributed by atoms with Crippen LogP contribution in [0.25, 0.3) is 0 Å². The number of Topliss-reactive ketones (excluding diaryl/α,β-unsaturated/α-hetero) is 2. The number of hydrogen-bond acceptors (Lipinski definition) is 4. The minimum Gasteiger partial charge on any atom is -0.294 e. The molecule has 0 radical (unpaired) electrons. The van der Waals surface area contributed by atoms with E-state index in [0.29, 0.717) is 11.1 Å². The van der Waals surface area contributed by atoms with Crippen LogP contribution in [-0.2, 0) is 4.79 Å². The van der Waals surface area contributed by atoms with Crippen LogP contribution in [0.5, 0.6) is 0 Å². The summed E-state index contributed by atoms with van der Waals surface area (Å²) in [7, 11) is 0. The summed E-state index contributed by atoms with van der Waals surface area (Å²) in [6, 6.07) is 9.04. The molecule has 1 aromatic carbocycles. The Morgan fingerprint density at radius 1 is 1.00 bits per heavy atom. The summed E-state index contributed by atoms with van der Waals surface area (Å²) in [4.78, 5) is 24.4. The van der Waals surface area contributed by atoms with Crippen LogP contribution in [-0.4, -0.2) is 23.1 Å². The van der Waals surface area contributed by atoms with E-state index in [1.165, 1.54) is 6.92 Å². The molecule has 2 nitrogen and oxygen atoms in total. The highest BCUT2D eigenvalue weighted by Crippen LogP contribution is 2.37. The first-order valence-electron chi connectivity index (χ1n) is 6.30. The highest BCUT2D eigenvalue weighted by molar-refractivity contribution is 8.22. The Hall–Kier alpha value is -1.000. The number of allylic oxidation sites excluding steroid dienone is 1. The Kier molecular flexibility index (Phi) is 5.28. The summed E-state index contributed by atoms with van der Waals surface area (Å²) >= 11 is 3.29. The molecule has 0 N–H and O–H groups in total. The van der Waals surface area contributed by atoms with Crippen molar-refractivity contribution in [2.45, 2.75) is 19.8 Å². The van der Waals surface area contributed by atoms with Gasteiger partial charge in [0, 0.05) is 5.56 Å². The Balaban J connectivity index is 2.37. The Morgan fingerprint density at radius 3 is 2.11 bits per heavy atom. The summed E-state index contributed by atoms with van der Waals surface area (Å²) in [5.41, 5.74) is 0.953. The van der Waals surface area contributed by atoms with Crippen molar-refractivity contribution in [2.24, 2.45) is 0 Å². The van der Waals surface area contributed by atoms with Crippen molar-refractivity contribution in [1.82, 2.24) is 0 Å². The summed E-state index contributed by atoms with van der Waals surface area (Å²) in [5.74, 6) is 1.69. The number of ketones is 2. The van der Waals surface area contributed by atoms with Crippen LogP contribution in [0, 0.1) is 0 Å². The highest BCUT2D eigenvalue weighted by atomic mass is 32.2. The van der Waals surface area contributed by atoms with Crippen molar-refractivity contribution in [1.29, 1.82) is 0 Å². The van der Waals surface area contributed by atoms with Crippen molar-refractivity contribution in [2.75, 3.05) is 11.5 Å². The minimum atomic E-state index is -0.148. The fraction of sp³-hybridized carbons (Fsp3) is 0.333. The number of carbonyl (C=O) groups is 2.